The Morgan fingerprint density at radius 3 is 2.04 bits per heavy atom. The fourth-order valence-electron chi connectivity index (χ4n) is 2.93. The third kappa shape index (κ3) is 4.94. The van der Waals surface area contributed by atoms with Crippen molar-refractivity contribution < 1.29 is 14.9 Å². The van der Waals surface area contributed by atoms with E-state index in [4.69, 9.17) is 16.5 Å². The third-order valence-electron chi connectivity index (χ3n) is 4.85. The molecule has 1 aromatic heterocycles. The van der Waals surface area contributed by atoms with Crippen LogP contribution in [0.2, 0.25) is 0 Å². The highest BCUT2D eigenvalue weighted by molar-refractivity contribution is 6.13. The van der Waals surface area contributed by atoms with Gasteiger partial charge in [-0.05, 0) is 91.2 Å². The molecular formula is C22H25ClN2O3. The zero-order valence-corrected chi connectivity index (χ0v) is 16.5. The first-order chi connectivity index (χ1) is 13.6. The molecule has 148 valence electrons. The van der Waals surface area contributed by atoms with Gasteiger partial charge in [0.1, 0.15) is 11.5 Å². The maximum absolute atomic E-state index is 9.43. The van der Waals surface area contributed by atoms with E-state index >= 15 is 0 Å². The molecule has 0 aliphatic heterocycles. The number of rotatable bonds is 9. The van der Waals surface area contributed by atoms with Crippen LogP contribution >= 0.6 is 11.8 Å². The first-order valence-electron chi connectivity index (χ1n) is 9.20. The van der Waals surface area contributed by atoms with Crippen molar-refractivity contribution in [1.29, 1.82) is 0 Å². The van der Waals surface area contributed by atoms with Crippen molar-refractivity contribution in [2.45, 2.75) is 25.3 Å². The topological polar surface area (TPSA) is 77.5 Å². The van der Waals surface area contributed by atoms with Crippen LogP contribution in [0.5, 0.6) is 11.5 Å². The second-order valence-corrected chi connectivity index (χ2v) is 7.21. The number of hydrogen-bond acceptors (Lipinski definition) is 4. The van der Waals surface area contributed by atoms with Crippen molar-refractivity contribution in [3.8, 4) is 22.8 Å². The average Bonchev–Trinajstić information content (AvgIpc) is 3.17. The second kappa shape index (κ2) is 9.26. The Bertz CT molecular complexity index is 863. The molecule has 0 saturated heterocycles. The van der Waals surface area contributed by atoms with Crippen LogP contribution in [0, 0.1) is 6.92 Å². The summed E-state index contributed by atoms with van der Waals surface area (Å²) in [6.07, 6.45) is 1.19. The van der Waals surface area contributed by atoms with Crippen LogP contribution in [0.15, 0.2) is 60.7 Å². The largest absolute Gasteiger partial charge is 0.457 e. The zero-order valence-electron chi connectivity index (χ0n) is 15.8. The van der Waals surface area contributed by atoms with Gasteiger partial charge in [-0.3, -0.25) is 0 Å². The molecule has 0 fully saturated rings. The van der Waals surface area contributed by atoms with Gasteiger partial charge >= 0.3 is 0 Å². The van der Waals surface area contributed by atoms with Gasteiger partial charge in [0.2, 0.25) is 0 Å². The van der Waals surface area contributed by atoms with E-state index in [9.17, 15) is 10.2 Å². The Morgan fingerprint density at radius 1 is 0.929 bits per heavy atom. The molecular weight excluding hydrogens is 376 g/mol. The maximum atomic E-state index is 9.43. The van der Waals surface area contributed by atoms with Gasteiger partial charge in [0.25, 0.3) is 0 Å². The molecule has 3 aromatic rings. The number of hydrogen-bond donors (Lipinski definition) is 4. The van der Waals surface area contributed by atoms with Crippen LogP contribution in [0.25, 0.3) is 11.3 Å². The number of H-pyrrole nitrogens is 1. The van der Waals surface area contributed by atoms with E-state index in [1.165, 1.54) is 0 Å². The van der Waals surface area contributed by atoms with Crippen molar-refractivity contribution in [3.63, 3.8) is 0 Å². The maximum Gasteiger partial charge on any atom is 0.127 e. The molecule has 0 bridgehead atoms. The summed E-state index contributed by atoms with van der Waals surface area (Å²) in [5, 5.41) is 18.9. The van der Waals surface area contributed by atoms with E-state index in [2.05, 4.69) is 22.0 Å². The molecule has 2 aromatic carbocycles. The summed E-state index contributed by atoms with van der Waals surface area (Å²) in [6, 6.07) is 19.8. The van der Waals surface area contributed by atoms with Crippen molar-refractivity contribution in [2.75, 3.05) is 13.2 Å². The van der Waals surface area contributed by atoms with Gasteiger partial charge in [-0.1, -0.05) is 12.1 Å². The van der Waals surface area contributed by atoms with Crippen molar-refractivity contribution >= 4 is 11.8 Å². The van der Waals surface area contributed by atoms with Crippen molar-refractivity contribution in [2.24, 2.45) is 0 Å². The number of ether oxygens (including phenoxy) is 1. The molecule has 0 unspecified atom stereocenters. The summed E-state index contributed by atoms with van der Waals surface area (Å²) in [4.78, 5) is 5.81. The highest BCUT2D eigenvalue weighted by Crippen LogP contribution is 2.26. The summed E-state index contributed by atoms with van der Waals surface area (Å²) in [7, 11) is 0. The van der Waals surface area contributed by atoms with E-state index in [-0.39, 0.29) is 13.2 Å². The Hall–Kier alpha value is -2.31. The van der Waals surface area contributed by atoms with Crippen LogP contribution in [0.4, 0.5) is 0 Å². The quantitative estimate of drug-likeness (QED) is 0.406. The van der Waals surface area contributed by atoms with Crippen molar-refractivity contribution in [1.82, 2.24) is 9.82 Å². The van der Waals surface area contributed by atoms with Gasteiger partial charge in [-0.15, -0.1) is 0 Å². The molecule has 0 atom stereocenters. The standard InChI is InChI=1S/C22H25ClN2O3/c1-16-2-11-21(24-16)18-5-9-20(10-6-18)28-19-7-3-17(4-8-19)12-13-22(14-26,15-27)25-23/h2-11,24-27H,12-15H2,1H3. The SMILES string of the molecule is Cc1ccc(-c2ccc(Oc3ccc(CCC(CO)(CO)NCl)cc3)cc2)[nH]1. The van der Waals surface area contributed by atoms with Crippen LogP contribution in [0.1, 0.15) is 17.7 Å². The molecule has 0 radical (unpaired) electrons. The highest BCUT2D eigenvalue weighted by atomic mass is 35.5. The number of aromatic nitrogens is 1. The van der Waals surface area contributed by atoms with E-state index in [1.54, 1.807) is 0 Å². The van der Waals surface area contributed by atoms with Gasteiger partial charge in [0.05, 0.1) is 18.8 Å². The number of aliphatic hydroxyl groups excluding tert-OH is 2. The fourth-order valence-corrected chi connectivity index (χ4v) is 3.15. The Balaban J connectivity index is 1.59. The summed E-state index contributed by atoms with van der Waals surface area (Å²) >= 11 is 5.67. The van der Waals surface area contributed by atoms with Gasteiger partial charge in [-0.2, -0.15) is 0 Å². The minimum Gasteiger partial charge on any atom is -0.457 e. The zero-order chi connectivity index (χ0) is 20.0. The predicted molar refractivity (Wildman–Crippen MR) is 112 cm³/mol. The first kappa shape index (κ1) is 20.4. The van der Waals surface area contributed by atoms with Crippen LogP contribution < -0.4 is 9.57 Å². The van der Waals surface area contributed by atoms with Crippen LogP contribution in [-0.2, 0) is 6.42 Å². The Labute approximate surface area is 170 Å². The lowest BCUT2D eigenvalue weighted by Crippen LogP contribution is -2.47. The fraction of sp³-hybridized carbons (Fsp3) is 0.273. The minimum atomic E-state index is -0.879. The molecule has 0 amide bonds. The second-order valence-electron chi connectivity index (χ2n) is 7.02. The smallest absolute Gasteiger partial charge is 0.127 e. The van der Waals surface area contributed by atoms with Crippen molar-refractivity contribution in [3.05, 3.63) is 71.9 Å². The van der Waals surface area contributed by atoms with Gasteiger partial charge < -0.3 is 19.9 Å². The molecule has 1 heterocycles. The molecule has 28 heavy (non-hydrogen) atoms. The molecule has 0 saturated carbocycles. The van der Waals surface area contributed by atoms with Crippen LogP contribution in [0.3, 0.4) is 0 Å². The van der Waals surface area contributed by atoms with E-state index in [0.29, 0.717) is 12.8 Å². The number of aromatic amines is 1. The van der Waals surface area contributed by atoms with Crippen LogP contribution in [-0.4, -0.2) is 33.9 Å². The van der Waals surface area contributed by atoms with E-state index < -0.39 is 5.54 Å². The van der Waals surface area contributed by atoms with Gasteiger partial charge in [0.15, 0.2) is 0 Å². The van der Waals surface area contributed by atoms with Gasteiger partial charge in [-0.25, -0.2) is 4.84 Å². The lowest BCUT2D eigenvalue weighted by Gasteiger charge is -2.27. The third-order valence-corrected chi connectivity index (χ3v) is 5.26. The monoisotopic (exact) mass is 400 g/mol. The molecule has 0 spiro atoms. The highest BCUT2D eigenvalue weighted by Gasteiger charge is 2.27. The molecule has 3 rings (SSSR count). The minimum absolute atomic E-state index is 0.230. The Morgan fingerprint density at radius 2 is 1.54 bits per heavy atom. The number of halogens is 1. The number of nitrogens with one attached hydrogen (secondary N) is 2. The summed E-state index contributed by atoms with van der Waals surface area (Å²) in [5.74, 6) is 1.52. The number of benzene rings is 2. The molecule has 6 heteroatoms. The summed E-state index contributed by atoms with van der Waals surface area (Å²) in [6.45, 7) is 1.57. The predicted octanol–water partition coefficient (Wildman–Crippen LogP) is 4.18. The molecule has 0 aliphatic rings. The van der Waals surface area contributed by atoms with E-state index in [1.807, 2.05) is 55.5 Å². The first-order valence-corrected chi connectivity index (χ1v) is 9.58. The average molecular weight is 401 g/mol. The Kier molecular flexibility index (Phi) is 6.75. The normalized spacial score (nSPS) is 11.6. The van der Waals surface area contributed by atoms with Gasteiger partial charge in [0, 0.05) is 11.4 Å². The molecule has 0 aliphatic carbocycles. The lowest BCUT2D eigenvalue weighted by molar-refractivity contribution is 0.103. The van der Waals surface area contributed by atoms with E-state index in [0.717, 1.165) is 34.0 Å². The summed E-state index contributed by atoms with van der Waals surface area (Å²) in [5.41, 5.74) is 3.52. The number of aryl methyl sites for hydroxylation is 2. The lowest BCUT2D eigenvalue weighted by atomic mass is 9.94. The molecule has 5 nitrogen and oxygen atoms in total. The number of aliphatic hydroxyl groups is 2. The summed E-state index contributed by atoms with van der Waals surface area (Å²) < 4.78 is 5.91. The molecule has 4 N–H and O–H groups in total.